The van der Waals surface area contributed by atoms with E-state index in [4.69, 9.17) is 5.21 Å². The second-order valence-corrected chi connectivity index (χ2v) is 3.03. The summed E-state index contributed by atoms with van der Waals surface area (Å²) >= 11 is 0. The van der Waals surface area contributed by atoms with E-state index in [2.05, 4.69) is 0 Å². The molecule has 3 heteroatoms. The zero-order valence-electron chi connectivity index (χ0n) is 7.97. The standard InChI is InChI=1S/C11H13NO2/c1-9(11(13)12-14)7-8-10-5-3-2-4-6-10/h2-9,14H,1H3,(H,12,13)/t9-/m1/s1. The monoisotopic (exact) mass is 191 g/mol. The van der Waals surface area contributed by atoms with Gasteiger partial charge < -0.3 is 0 Å². The van der Waals surface area contributed by atoms with Gasteiger partial charge in [-0.15, -0.1) is 0 Å². The van der Waals surface area contributed by atoms with Gasteiger partial charge >= 0.3 is 0 Å². The molecule has 74 valence electrons. The molecule has 1 aromatic carbocycles. The minimum atomic E-state index is -0.405. The largest absolute Gasteiger partial charge is 0.289 e. The van der Waals surface area contributed by atoms with Crippen molar-refractivity contribution in [2.24, 2.45) is 5.92 Å². The first-order valence-electron chi connectivity index (χ1n) is 4.41. The highest BCUT2D eigenvalue weighted by Gasteiger charge is 2.06. The van der Waals surface area contributed by atoms with Crippen molar-refractivity contribution in [2.75, 3.05) is 0 Å². The molecule has 0 aliphatic rings. The van der Waals surface area contributed by atoms with Gasteiger partial charge in [0, 0.05) is 0 Å². The summed E-state index contributed by atoms with van der Waals surface area (Å²) in [5.41, 5.74) is 2.64. The van der Waals surface area contributed by atoms with Crippen molar-refractivity contribution >= 4 is 12.0 Å². The summed E-state index contributed by atoms with van der Waals surface area (Å²) in [6.45, 7) is 1.71. The highest BCUT2D eigenvalue weighted by atomic mass is 16.5. The minimum Gasteiger partial charge on any atom is -0.289 e. The SMILES string of the molecule is C[C@H](C=Cc1ccccc1)C(=O)NO. The van der Waals surface area contributed by atoms with Crippen LogP contribution >= 0.6 is 0 Å². The normalized spacial score (nSPS) is 12.7. The van der Waals surface area contributed by atoms with Crippen molar-refractivity contribution in [3.63, 3.8) is 0 Å². The first-order chi connectivity index (χ1) is 6.74. The van der Waals surface area contributed by atoms with Gasteiger partial charge in [0.1, 0.15) is 0 Å². The van der Waals surface area contributed by atoms with Gasteiger partial charge in [0.2, 0.25) is 5.91 Å². The Kier molecular flexibility index (Phi) is 3.88. The average molecular weight is 191 g/mol. The van der Waals surface area contributed by atoms with Crippen LogP contribution in [0.1, 0.15) is 12.5 Å². The number of carbonyl (C=O) groups is 1. The molecule has 14 heavy (non-hydrogen) atoms. The van der Waals surface area contributed by atoms with Gasteiger partial charge in [0.25, 0.3) is 0 Å². The average Bonchev–Trinajstić information content (AvgIpc) is 2.26. The fourth-order valence-electron chi connectivity index (χ4n) is 1.01. The zero-order valence-corrected chi connectivity index (χ0v) is 7.97. The Balaban J connectivity index is 2.60. The molecule has 0 aliphatic carbocycles. The van der Waals surface area contributed by atoms with Crippen LogP contribution in [0, 0.1) is 5.92 Å². The molecule has 1 amide bonds. The molecule has 1 rings (SSSR count). The van der Waals surface area contributed by atoms with Crippen molar-refractivity contribution in [3.8, 4) is 0 Å². The van der Waals surface area contributed by atoms with Gasteiger partial charge in [-0.2, -0.15) is 0 Å². The highest BCUT2D eigenvalue weighted by Crippen LogP contribution is 2.05. The predicted octanol–water partition coefficient (Wildman–Crippen LogP) is 1.84. The van der Waals surface area contributed by atoms with Crippen molar-refractivity contribution < 1.29 is 10.0 Å². The molecule has 1 aromatic rings. The van der Waals surface area contributed by atoms with Crippen LogP contribution in [0.3, 0.4) is 0 Å². The second-order valence-electron chi connectivity index (χ2n) is 3.03. The van der Waals surface area contributed by atoms with Crippen molar-refractivity contribution in [1.29, 1.82) is 0 Å². The summed E-state index contributed by atoms with van der Waals surface area (Å²) in [6, 6.07) is 9.67. The maximum Gasteiger partial charge on any atom is 0.249 e. The van der Waals surface area contributed by atoms with E-state index in [1.807, 2.05) is 36.4 Å². The number of benzene rings is 1. The van der Waals surface area contributed by atoms with Gasteiger partial charge in [-0.3, -0.25) is 10.0 Å². The summed E-state index contributed by atoms with van der Waals surface area (Å²) in [6.07, 6.45) is 3.58. The molecular formula is C11H13NO2. The van der Waals surface area contributed by atoms with E-state index < -0.39 is 5.91 Å². The highest BCUT2D eigenvalue weighted by molar-refractivity contribution is 5.79. The molecule has 0 aromatic heterocycles. The molecule has 0 fully saturated rings. The third-order valence-corrected chi connectivity index (χ3v) is 1.90. The molecular weight excluding hydrogens is 178 g/mol. The van der Waals surface area contributed by atoms with Crippen LogP contribution in [0.15, 0.2) is 36.4 Å². The second kappa shape index (κ2) is 5.19. The molecule has 0 saturated heterocycles. The Morgan fingerprint density at radius 1 is 1.43 bits per heavy atom. The minimum absolute atomic E-state index is 0.333. The molecule has 2 N–H and O–H groups in total. The van der Waals surface area contributed by atoms with E-state index in [9.17, 15) is 4.79 Å². The Labute approximate surface area is 83.0 Å². The molecule has 1 atom stereocenters. The Hall–Kier alpha value is -1.61. The van der Waals surface area contributed by atoms with Gasteiger partial charge in [-0.1, -0.05) is 49.4 Å². The molecule has 0 saturated carbocycles. The number of hydroxylamine groups is 1. The van der Waals surface area contributed by atoms with Crippen molar-refractivity contribution in [2.45, 2.75) is 6.92 Å². The molecule has 0 bridgehead atoms. The summed E-state index contributed by atoms with van der Waals surface area (Å²) < 4.78 is 0. The predicted molar refractivity (Wildman–Crippen MR) is 54.6 cm³/mol. The first kappa shape index (κ1) is 10.5. The van der Waals surface area contributed by atoms with Crippen molar-refractivity contribution in [3.05, 3.63) is 42.0 Å². The molecule has 0 heterocycles. The summed E-state index contributed by atoms with van der Waals surface area (Å²) in [7, 11) is 0. The fraction of sp³-hybridized carbons (Fsp3) is 0.182. The van der Waals surface area contributed by atoms with Crippen LogP contribution in [-0.4, -0.2) is 11.1 Å². The summed E-state index contributed by atoms with van der Waals surface area (Å²) in [5, 5.41) is 8.37. The number of amides is 1. The Bertz CT molecular complexity index is 319. The first-order valence-corrected chi connectivity index (χ1v) is 4.41. The topological polar surface area (TPSA) is 49.3 Å². The van der Waals surface area contributed by atoms with E-state index in [0.717, 1.165) is 5.56 Å². The quantitative estimate of drug-likeness (QED) is 0.565. The molecule has 3 nitrogen and oxygen atoms in total. The number of hydrogen-bond donors (Lipinski definition) is 2. The number of rotatable bonds is 3. The van der Waals surface area contributed by atoms with Crippen molar-refractivity contribution in [1.82, 2.24) is 5.48 Å². The molecule has 0 spiro atoms. The number of hydrogen-bond acceptors (Lipinski definition) is 2. The van der Waals surface area contributed by atoms with E-state index in [-0.39, 0.29) is 5.92 Å². The maximum atomic E-state index is 10.9. The lowest BCUT2D eigenvalue weighted by Crippen LogP contribution is -2.24. The lowest BCUT2D eigenvalue weighted by atomic mass is 10.1. The Morgan fingerprint density at radius 3 is 2.64 bits per heavy atom. The number of nitrogens with one attached hydrogen (secondary N) is 1. The van der Waals surface area contributed by atoms with Gasteiger partial charge in [0.15, 0.2) is 0 Å². The molecule has 0 radical (unpaired) electrons. The van der Waals surface area contributed by atoms with Crippen LogP contribution in [0.4, 0.5) is 0 Å². The summed E-state index contributed by atoms with van der Waals surface area (Å²) in [5.74, 6) is -0.739. The Morgan fingerprint density at radius 2 is 2.07 bits per heavy atom. The third kappa shape index (κ3) is 3.03. The fourth-order valence-corrected chi connectivity index (χ4v) is 1.01. The lowest BCUT2D eigenvalue weighted by molar-refractivity contribution is -0.131. The molecule has 0 unspecified atom stereocenters. The van der Waals surface area contributed by atoms with E-state index in [1.54, 1.807) is 18.5 Å². The summed E-state index contributed by atoms with van der Waals surface area (Å²) in [4.78, 5) is 10.9. The van der Waals surface area contributed by atoms with Crippen LogP contribution in [0.2, 0.25) is 0 Å². The lowest BCUT2D eigenvalue weighted by Gasteiger charge is -2.01. The van der Waals surface area contributed by atoms with Gasteiger partial charge in [-0.25, -0.2) is 5.48 Å². The number of carbonyl (C=O) groups excluding carboxylic acids is 1. The van der Waals surface area contributed by atoms with Gasteiger partial charge in [0.05, 0.1) is 5.92 Å². The van der Waals surface area contributed by atoms with E-state index in [1.165, 1.54) is 0 Å². The smallest absolute Gasteiger partial charge is 0.249 e. The van der Waals surface area contributed by atoms with Crippen LogP contribution < -0.4 is 5.48 Å². The van der Waals surface area contributed by atoms with E-state index in [0.29, 0.717) is 0 Å². The molecule has 0 aliphatic heterocycles. The van der Waals surface area contributed by atoms with Crippen LogP contribution in [0.25, 0.3) is 6.08 Å². The maximum absolute atomic E-state index is 10.9. The zero-order chi connectivity index (χ0) is 10.4. The van der Waals surface area contributed by atoms with Crippen LogP contribution in [0.5, 0.6) is 0 Å². The van der Waals surface area contributed by atoms with E-state index >= 15 is 0 Å². The van der Waals surface area contributed by atoms with Gasteiger partial charge in [-0.05, 0) is 5.56 Å². The van der Waals surface area contributed by atoms with Crippen LogP contribution in [-0.2, 0) is 4.79 Å². The third-order valence-electron chi connectivity index (χ3n) is 1.90.